The van der Waals surface area contributed by atoms with Gasteiger partial charge in [-0.3, -0.25) is 0 Å². The molecule has 2 aromatic rings. The smallest absolute Gasteiger partial charge is 0.330 e. The van der Waals surface area contributed by atoms with E-state index in [1.54, 1.807) is 0 Å². The Morgan fingerprint density at radius 3 is 2.10 bits per heavy atom. The third-order valence-electron chi connectivity index (χ3n) is 3.06. The van der Waals surface area contributed by atoms with Gasteiger partial charge in [0.1, 0.15) is 6.54 Å². The number of benzene rings is 2. The van der Waals surface area contributed by atoms with Crippen LogP contribution in [0.15, 0.2) is 54.6 Å². The molecule has 110 valence electrons. The van der Waals surface area contributed by atoms with E-state index >= 15 is 0 Å². The number of halogens is 1. The molecule has 0 unspecified atom stereocenters. The van der Waals surface area contributed by atoms with Crippen LogP contribution < -0.4 is 24.0 Å². The van der Waals surface area contributed by atoms with Crippen LogP contribution in [-0.4, -0.2) is 36.1 Å². The van der Waals surface area contributed by atoms with Gasteiger partial charge in [-0.15, -0.1) is 0 Å². The van der Waals surface area contributed by atoms with Crippen LogP contribution in [0.25, 0.3) is 5.53 Å². The summed E-state index contributed by atoms with van der Waals surface area (Å²) in [4.78, 5) is 3.53. The van der Waals surface area contributed by atoms with Crippen molar-refractivity contribution in [1.82, 2.24) is 0 Å². The SMILES string of the molecule is C[N+](C)(C)Cc1ccccc1C(=[N+]=[N-])c1ccccc1.[I-]. The summed E-state index contributed by atoms with van der Waals surface area (Å²) in [5.41, 5.74) is 13.1. The van der Waals surface area contributed by atoms with E-state index in [9.17, 15) is 5.53 Å². The molecule has 0 amide bonds. The van der Waals surface area contributed by atoms with E-state index in [1.807, 2.05) is 48.5 Å². The van der Waals surface area contributed by atoms with Crippen LogP contribution in [0.2, 0.25) is 0 Å². The first kappa shape index (κ1) is 17.6. The maximum absolute atomic E-state index is 9.44. The standard InChI is InChI=1S/C17H20N3.HI/c1-20(2,3)13-15-11-7-8-12-16(15)17(19-18)14-9-5-4-6-10-14;/h4-12H,13H2,1-3H3;1H/q+1;/p-1. The maximum atomic E-state index is 9.44. The Labute approximate surface area is 143 Å². The molecule has 0 aliphatic carbocycles. The van der Waals surface area contributed by atoms with E-state index in [0.717, 1.165) is 22.2 Å². The van der Waals surface area contributed by atoms with Crippen molar-refractivity contribution in [2.24, 2.45) is 0 Å². The topological polar surface area (TPSA) is 36.4 Å². The molecule has 0 bridgehead atoms. The van der Waals surface area contributed by atoms with Crippen LogP contribution in [0.3, 0.4) is 0 Å². The summed E-state index contributed by atoms with van der Waals surface area (Å²) in [6.45, 7) is 0.877. The molecule has 0 atom stereocenters. The van der Waals surface area contributed by atoms with Gasteiger partial charge in [-0.1, -0.05) is 36.4 Å². The molecule has 0 radical (unpaired) electrons. The molecule has 0 aliphatic heterocycles. The molecule has 0 spiro atoms. The largest absolute Gasteiger partial charge is 1.00 e. The first-order valence-electron chi connectivity index (χ1n) is 6.67. The van der Waals surface area contributed by atoms with Crippen LogP contribution in [0.1, 0.15) is 16.7 Å². The highest BCUT2D eigenvalue weighted by molar-refractivity contribution is 6.10. The van der Waals surface area contributed by atoms with Gasteiger partial charge < -0.3 is 34.0 Å². The van der Waals surface area contributed by atoms with Crippen molar-refractivity contribution in [3.8, 4) is 0 Å². The highest BCUT2D eigenvalue weighted by Crippen LogP contribution is 2.17. The third-order valence-corrected chi connectivity index (χ3v) is 3.06. The summed E-state index contributed by atoms with van der Waals surface area (Å²) in [5, 5.41) is 0. The Balaban J connectivity index is 0.00000220. The summed E-state index contributed by atoms with van der Waals surface area (Å²) < 4.78 is 0.824. The molecule has 0 aromatic heterocycles. The molecule has 2 rings (SSSR count). The third kappa shape index (κ3) is 4.77. The van der Waals surface area contributed by atoms with Crippen LogP contribution in [0.4, 0.5) is 0 Å². The summed E-state index contributed by atoms with van der Waals surface area (Å²) >= 11 is 0. The zero-order chi connectivity index (χ0) is 14.6. The van der Waals surface area contributed by atoms with Crippen molar-refractivity contribution in [3.05, 3.63) is 76.8 Å². The average molecular weight is 393 g/mol. The van der Waals surface area contributed by atoms with Gasteiger partial charge in [-0.05, 0) is 18.2 Å². The van der Waals surface area contributed by atoms with E-state index < -0.39 is 0 Å². The number of hydrogen-bond acceptors (Lipinski definition) is 0. The zero-order valence-electron chi connectivity index (χ0n) is 12.6. The Hall–Kier alpha value is -1.49. The first-order chi connectivity index (χ1) is 9.51. The monoisotopic (exact) mass is 393 g/mol. The predicted molar refractivity (Wildman–Crippen MR) is 81.5 cm³/mol. The molecule has 0 fully saturated rings. The lowest BCUT2D eigenvalue weighted by atomic mass is 9.97. The predicted octanol–water partition coefficient (Wildman–Crippen LogP) is -0.0360. The van der Waals surface area contributed by atoms with Gasteiger partial charge in [-0.25, -0.2) is 0 Å². The first-order valence-corrected chi connectivity index (χ1v) is 6.67. The van der Waals surface area contributed by atoms with E-state index in [0.29, 0.717) is 5.71 Å². The molecule has 0 aliphatic rings. The van der Waals surface area contributed by atoms with E-state index in [-0.39, 0.29) is 24.0 Å². The average Bonchev–Trinajstić information content (AvgIpc) is 2.41. The quantitative estimate of drug-likeness (QED) is 0.230. The fourth-order valence-corrected chi connectivity index (χ4v) is 2.26. The fourth-order valence-electron chi connectivity index (χ4n) is 2.26. The lowest BCUT2D eigenvalue weighted by Crippen LogP contribution is -3.00. The molecule has 4 heteroatoms. The second-order valence-electron chi connectivity index (χ2n) is 5.92. The van der Waals surface area contributed by atoms with Crippen LogP contribution >= 0.6 is 0 Å². The van der Waals surface area contributed by atoms with Gasteiger partial charge in [0.15, 0.2) is 0 Å². The number of nitrogens with zero attached hydrogens (tertiary/aromatic N) is 3. The maximum Gasteiger partial charge on any atom is 0.330 e. The van der Waals surface area contributed by atoms with E-state index in [4.69, 9.17) is 0 Å². The fraction of sp³-hybridized carbons (Fsp3) is 0.235. The van der Waals surface area contributed by atoms with Crippen LogP contribution in [0.5, 0.6) is 0 Å². The minimum atomic E-state index is 0. The van der Waals surface area contributed by atoms with E-state index in [2.05, 4.69) is 32.0 Å². The molecule has 21 heavy (non-hydrogen) atoms. The molecule has 2 aromatic carbocycles. The van der Waals surface area contributed by atoms with Crippen LogP contribution in [0, 0.1) is 0 Å². The molecular formula is C17H20IN3. The molecule has 0 heterocycles. The van der Waals surface area contributed by atoms with Crippen molar-refractivity contribution in [2.45, 2.75) is 6.54 Å². The summed E-state index contributed by atoms with van der Waals surface area (Å²) in [5.74, 6) is 0. The highest BCUT2D eigenvalue weighted by Gasteiger charge is 2.21. The second-order valence-corrected chi connectivity index (χ2v) is 5.92. The molecule has 0 saturated heterocycles. The van der Waals surface area contributed by atoms with Crippen molar-refractivity contribution in [1.29, 1.82) is 0 Å². The van der Waals surface area contributed by atoms with Gasteiger partial charge in [0, 0.05) is 5.56 Å². The number of rotatable bonds is 4. The second kappa shape index (κ2) is 7.50. The van der Waals surface area contributed by atoms with Crippen molar-refractivity contribution >= 4 is 5.71 Å². The minimum Gasteiger partial charge on any atom is -1.00 e. The summed E-state index contributed by atoms with van der Waals surface area (Å²) in [6, 6.07) is 17.9. The Morgan fingerprint density at radius 2 is 1.52 bits per heavy atom. The van der Waals surface area contributed by atoms with Gasteiger partial charge >= 0.3 is 5.71 Å². The summed E-state index contributed by atoms with van der Waals surface area (Å²) in [7, 11) is 6.44. The van der Waals surface area contributed by atoms with Crippen molar-refractivity contribution < 1.29 is 33.2 Å². The summed E-state index contributed by atoms with van der Waals surface area (Å²) in [6.07, 6.45) is 0. The van der Waals surface area contributed by atoms with Gasteiger partial charge in [0.05, 0.1) is 32.3 Å². The lowest BCUT2D eigenvalue weighted by Gasteiger charge is -2.24. The molecule has 3 nitrogen and oxygen atoms in total. The Morgan fingerprint density at radius 1 is 0.952 bits per heavy atom. The highest BCUT2D eigenvalue weighted by atomic mass is 127. The van der Waals surface area contributed by atoms with Gasteiger partial charge in [-0.2, -0.15) is 4.79 Å². The lowest BCUT2D eigenvalue weighted by molar-refractivity contribution is -0.884. The zero-order valence-corrected chi connectivity index (χ0v) is 14.8. The molecular weight excluding hydrogens is 373 g/mol. The van der Waals surface area contributed by atoms with Gasteiger partial charge in [0.2, 0.25) is 0 Å². The Bertz CT molecular complexity index is 639. The molecule has 0 N–H and O–H groups in total. The van der Waals surface area contributed by atoms with Crippen molar-refractivity contribution in [2.75, 3.05) is 21.1 Å². The van der Waals surface area contributed by atoms with E-state index in [1.165, 1.54) is 5.56 Å². The van der Waals surface area contributed by atoms with Gasteiger partial charge in [0.25, 0.3) is 0 Å². The van der Waals surface area contributed by atoms with Crippen molar-refractivity contribution in [3.63, 3.8) is 0 Å². The Kier molecular flexibility index (Phi) is 6.27. The minimum absolute atomic E-state index is 0. The molecule has 0 saturated carbocycles. The number of hydrogen-bond donors (Lipinski definition) is 0. The van der Waals surface area contributed by atoms with Crippen LogP contribution in [-0.2, 0) is 6.54 Å². The number of quaternary nitrogens is 1. The normalized spacial score (nSPS) is 10.4.